The Labute approximate surface area is 129 Å². The second-order valence-electron chi connectivity index (χ2n) is 5.70. The fourth-order valence-electron chi connectivity index (χ4n) is 2.50. The predicted molar refractivity (Wildman–Crippen MR) is 85.6 cm³/mol. The molecule has 2 aromatic rings. The van der Waals surface area contributed by atoms with Crippen LogP contribution in [0.5, 0.6) is 0 Å². The second kappa shape index (κ2) is 5.37. The highest BCUT2D eigenvalue weighted by Gasteiger charge is 2.34. The molecule has 3 rings (SSSR count). The average Bonchev–Trinajstić information content (AvgIpc) is 3.17. The molecule has 22 heavy (non-hydrogen) atoms. The van der Waals surface area contributed by atoms with Gasteiger partial charge in [0.15, 0.2) is 0 Å². The third-order valence-electron chi connectivity index (χ3n) is 3.77. The van der Waals surface area contributed by atoms with E-state index >= 15 is 0 Å². The Bertz CT molecular complexity index is 803. The summed E-state index contributed by atoms with van der Waals surface area (Å²) in [6, 6.07) is 12.5. The largest absolute Gasteiger partial charge is 0.327 e. The van der Waals surface area contributed by atoms with Gasteiger partial charge in [-0.05, 0) is 35.2 Å². The monoisotopic (exact) mass is 320 g/mol. The summed E-state index contributed by atoms with van der Waals surface area (Å²) in [7, 11) is -3.52. The maximum Gasteiger partial charge on any atom is 0.229 e. The quantitative estimate of drug-likeness (QED) is 0.910. The van der Waals surface area contributed by atoms with Gasteiger partial charge in [-0.25, -0.2) is 12.8 Å². The number of hydrogen-bond acceptors (Lipinski definition) is 3. The first-order valence-corrected chi connectivity index (χ1v) is 8.86. The fourth-order valence-corrected chi connectivity index (χ4v) is 3.06. The molecule has 4 nitrogen and oxygen atoms in total. The number of benzene rings is 2. The van der Waals surface area contributed by atoms with Crippen molar-refractivity contribution < 1.29 is 12.8 Å². The van der Waals surface area contributed by atoms with Crippen molar-refractivity contribution >= 4 is 15.7 Å². The zero-order valence-electron chi connectivity index (χ0n) is 12.1. The van der Waals surface area contributed by atoms with Gasteiger partial charge in [0.1, 0.15) is 5.82 Å². The van der Waals surface area contributed by atoms with E-state index in [9.17, 15) is 12.8 Å². The summed E-state index contributed by atoms with van der Waals surface area (Å²) in [6.07, 6.45) is 2.01. The summed E-state index contributed by atoms with van der Waals surface area (Å²) in [4.78, 5) is 0. The summed E-state index contributed by atoms with van der Waals surface area (Å²) >= 11 is 0. The van der Waals surface area contributed by atoms with Crippen LogP contribution in [0.15, 0.2) is 42.5 Å². The molecule has 6 heteroatoms. The molecule has 0 spiro atoms. The Hall–Kier alpha value is -1.92. The summed E-state index contributed by atoms with van der Waals surface area (Å²) in [5.41, 5.74) is 8.64. The highest BCUT2D eigenvalue weighted by molar-refractivity contribution is 7.92. The lowest BCUT2D eigenvalue weighted by molar-refractivity contribution is 0.604. The van der Waals surface area contributed by atoms with Crippen molar-refractivity contribution in [2.45, 2.75) is 18.4 Å². The highest BCUT2D eigenvalue weighted by Crippen LogP contribution is 2.39. The molecule has 2 aromatic carbocycles. The van der Waals surface area contributed by atoms with E-state index in [1.54, 1.807) is 6.07 Å². The summed E-state index contributed by atoms with van der Waals surface area (Å²) < 4.78 is 38.4. The minimum Gasteiger partial charge on any atom is -0.327 e. The molecule has 0 saturated heterocycles. The zero-order valence-corrected chi connectivity index (χ0v) is 12.9. The number of sulfonamides is 1. The van der Waals surface area contributed by atoms with Gasteiger partial charge < -0.3 is 5.73 Å². The Morgan fingerprint density at radius 3 is 2.27 bits per heavy atom. The molecule has 0 amide bonds. The van der Waals surface area contributed by atoms with Crippen LogP contribution in [0.25, 0.3) is 11.1 Å². The maximum atomic E-state index is 13.7. The molecule has 0 radical (unpaired) electrons. The number of rotatable bonds is 4. The van der Waals surface area contributed by atoms with Gasteiger partial charge in [0, 0.05) is 12.0 Å². The molecule has 116 valence electrons. The van der Waals surface area contributed by atoms with Gasteiger partial charge in [-0.3, -0.25) is 4.72 Å². The molecule has 0 aromatic heterocycles. The van der Waals surface area contributed by atoms with Crippen molar-refractivity contribution in [3.63, 3.8) is 0 Å². The standard InChI is InChI=1S/C16H17FN2O2S/c1-22(20,21)19-16-8-12(6-7-14(16)17)10-2-4-11(5-3-10)13-9-15(13)18/h2-8,13,15,19H,9,18H2,1H3/t13-,15+/m1/s1. The smallest absolute Gasteiger partial charge is 0.229 e. The van der Waals surface area contributed by atoms with Crippen molar-refractivity contribution in [2.75, 3.05) is 11.0 Å². The van der Waals surface area contributed by atoms with E-state index in [0.717, 1.165) is 23.8 Å². The van der Waals surface area contributed by atoms with Gasteiger partial charge in [-0.15, -0.1) is 0 Å². The number of halogens is 1. The predicted octanol–water partition coefficient (Wildman–Crippen LogP) is 2.68. The fraction of sp³-hybridized carbons (Fsp3) is 0.250. The highest BCUT2D eigenvalue weighted by atomic mass is 32.2. The minimum atomic E-state index is -3.52. The van der Waals surface area contributed by atoms with Crippen LogP contribution >= 0.6 is 0 Å². The topological polar surface area (TPSA) is 72.2 Å². The van der Waals surface area contributed by atoms with Gasteiger partial charge in [-0.2, -0.15) is 0 Å². The SMILES string of the molecule is CS(=O)(=O)Nc1cc(-c2ccc([C@H]3C[C@@H]3N)cc2)ccc1F. The summed E-state index contributed by atoms with van der Waals surface area (Å²) in [5, 5.41) is 0. The van der Waals surface area contributed by atoms with Crippen molar-refractivity contribution in [3.05, 3.63) is 53.8 Å². The van der Waals surface area contributed by atoms with E-state index in [-0.39, 0.29) is 11.7 Å². The Kier molecular flexibility index (Phi) is 3.66. The van der Waals surface area contributed by atoms with Gasteiger partial charge >= 0.3 is 0 Å². The van der Waals surface area contributed by atoms with Gasteiger partial charge in [0.25, 0.3) is 0 Å². The van der Waals surface area contributed by atoms with Crippen LogP contribution in [-0.4, -0.2) is 20.7 Å². The minimum absolute atomic E-state index is 0.0479. The van der Waals surface area contributed by atoms with E-state index in [0.29, 0.717) is 5.92 Å². The molecule has 0 unspecified atom stereocenters. The summed E-state index contributed by atoms with van der Waals surface area (Å²) in [6.45, 7) is 0. The molecule has 3 N–H and O–H groups in total. The van der Waals surface area contributed by atoms with E-state index < -0.39 is 15.8 Å². The number of hydrogen-bond donors (Lipinski definition) is 2. The molecule has 2 atom stereocenters. The van der Waals surface area contributed by atoms with Crippen LogP contribution in [0.3, 0.4) is 0 Å². The van der Waals surface area contributed by atoms with Crippen LogP contribution in [0.2, 0.25) is 0 Å². The Balaban J connectivity index is 1.89. The molecule has 0 heterocycles. The molecule has 1 aliphatic carbocycles. The van der Waals surface area contributed by atoms with Crippen molar-refractivity contribution in [1.82, 2.24) is 0 Å². The number of anilines is 1. The van der Waals surface area contributed by atoms with E-state index in [1.165, 1.54) is 17.7 Å². The first-order chi connectivity index (χ1) is 10.3. The zero-order chi connectivity index (χ0) is 15.9. The van der Waals surface area contributed by atoms with Crippen LogP contribution in [-0.2, 0) is 10.0 Å². The first-order valence-electron chi connectivity index (χ1n) is 6.97. The van der Waals surface area contributed by atoms with Crippen LogP contribution < -0.4 is 10.5 Å². The van der Waals surface area contributed by atoms with Crippen molar-refractivity contribution in [2.24, 2.45) is 5.73 Å². The Morgan fingerprint density at radius 1 is 1.14 bits per heavy atom. The normalized spacial score (nSPS) is 20.7. The average molecular weight is 320 g/mol. The molecule has 0 bridgehead atoms. The third-order valence-corrected chi connectivity index (χ3v) is 4.36. The molecule has 1 saturated carbocycles. The first kappa shape index (κ1) is 15.0. The van der Waals surface area contributed by atoms with Crippen LogP contribution in [0.1, 0.15) is 17.9 Å². The van der Waals surface area contributed by atoms with Gasteiger partial charge in [-0.1, -0.05) is 30.3 Å². The molecule has 0 aliphatic heterocycles. The Morgan fingerprint density at radius 2 is 1.73 bits per heavy atom. The second-order valence-corrected chi connectivity index (χ2v) is 7.45. The van der Waals surface area contributed by atoms with Crippen LogP contribution in [0, 0.1) is 5.82 Å². The van der Waals surface area contributed by atoms with Crippen molar-refractivity contribution in [3.8, 4) is 11.1 Å². The summed E-state index contributed by atoms with van der Waals surface area (Å²) in [5.74, 6) is -0.167. The van der Waals surface area contributed by atoms with Gasteiger partial charge in [0.2, 0.25) is 10.0 Å². The molecule has 1 aliphatic rings. The number of nitrogens with one attached hydrogen (secondary N) is 1. The third kappa shape index (κ3) is 3.28. The lowest BCUT2D eigenvalue weighted by Gasteiger charge is -2.09. The van der Waals surface area contributed by atoms with E-state index in [4.69, 9.17) is 5.73 Å². The van der Waals surface area contributed by atoms with E-state index in [1.807, 2.05) is 24.3 Å². The molecular weight excluding hydrogens is 303 g/mol. The number of nitrogens with two attached hydrogens (primary N) is 1. The van der Waals surface area contributed by atoms with Crippen molar-refractivity contribution in [1.29, 1.82) is 0 Å². The van der Waals surface area contributed by atoms with Gasteiger partial charge in [0.05, 0.1) is 11.9 Å². The molecular formula is C16H17FN2O2S. The lowest BCUT2D eigenvalue weighted by atomic mass is 10.0. The maximum absolute atomic E-state index is 13.7. The van der Waals surface area contributed by atoms with E-state index in [2.05, 4.69) is 4.72 Å². The lowest BCUT2D eigenvalue weighted by Crippen LogP contribution is -2.10. The molecule has 1 fully saturated rings. The van der Waals surface area contributed by atoms with Crippen LogP contribution in [0.4, 0.5) is 10.1 Å².